The largest absolute Gasteiger partial charge is 2.00 e. The molecule has 0 saturated heterocycles. The van der Waals surface area contributed by atoms with Crippen LogP contribution in [-0.4, -0.2) is 0 Å². The molecule has 3 rings (SSSR count). The second-order valence-electron chi connectivity index (χ2n) is 4.38. The molecule has 0 atom stereocenters. The van der Waals surface area contributed by atoms with Crippen LogP contribution in [0.15, 0.2) is 96.3 Å². The first-order valence-corrected chi connectivity index (χ1v) is 6.62. The molecule has 3 heteroatoms. The van der Waals surface area contributed by atoms with E-state index >= 15 is 0 Å². The number of hydrogen-bond donors (Lipinski definition) is 0. The minimum atomic E-state index is -0.278. The van der Waals surface area contributed by atoms with Gasteiger partial charge in [-0.1, -0.05) is 48.6 Å². The van der Waals surface area contributed by atoms with Gasteiger partial charge in [-0.05, 0) is 23.3 Å². The van der Waals surface area contributed by atoms with Crippen molar-refractivity contribution in [1.29, 1.82) is 0 Å². The van der Waals surface area contributed by atoms with Gasteiger partial charge in [0.25, 0.3) is 0 Å². The molecule has 1 nitrogen and oxygen atoms in total. The second kappa shape index (κ2) is 9.67. The van der Waals surface area contributed by atoms with Crippen molar-refractivity contribution in [2.24, 2.45) is 0 Å². The quantitative estimate of drug-likeness (QED) is 0.463. The van der Waals surface area contributed by atoms with Crippen LogP contribution in [0, 0.1) is 5.82 Å². The zero-order chi connectivity index (χ0) is 14.9. The molecule has 0 heterocycles. The average molecular weight is 334 g/mol. The Hall–Kier alpha value is -2.22. The van der Waals surface area contributed by atoms with E-state index in [-0.39, 0.29) is 28.6 Å². The normalized spacial score (nSPS) is 12.0. The van der Waals surface area contributed by atoms with Gasteiger partial charge in [-0.2, -0.15) is 18.2 Å². The average Bonchev–Trinajstić information content (AvgIpc) is 3.21. The maximum absolute atomic E-state index is 12.6. The van der Waals surface area contributed by atoms with Crippen LogP contribution < -0.4 is 5.11 Å². The minimum Gasteiger partial charge on any atom is -0.872 e. The summed E-state index contributed by atoms with van der Waals surface area (Å²) in [5.74, 6) is -0.325. The molecule has 1 aliphatic carbocycles. The van der Waals surface area contributed by atoms with Gasteiger partial charge < -0.3 is 5.11 Å². The van der Waals surface area contributed by atoms with E-state index in [9.17, 15) is 9.50 Å². The fourth-order valence-corrected chi connectivity index (χ4v) is 1.70. The Labute approximate surface area is 140 Å². The Morgan fingerprint density at radius 2 is 1.59 bits per heavy atom. The van der Waals surface area contributed by atoms with Crippen LogP contribution >= 0.6 is 0 Å². The molecule has 0 aliphatic heterocycles. The smallest absolute Gasteiger partial charge is 0.872 e. The summed E-state index contributed by atoms with van der Waals surface area (Å²) >= 11 is 0. The third-order valence-electron chi connectivity index (χ3n) is 2.80. The molecule has 0 fully saturated rings. The van der Waals surface area contributed by atoms with Crippen molar-refractivity contribution >= 4 is 6.08 Å². The van der Waals surface area contributed by atoms with E-state index < -0.39 is 0 Å². The van der Waals surface area contributed by atoms with E-state index in [0.717, 1.165) is 5.56 Å². The van der Waals surface area contributed by atoms with Crippen molar-refractivity contribution in [2.75, 3.05) is 0 Å². The topological polar surface area (TPSA) is 23.1 Å². The standard InChI is InChI=1S/C14H11FO.C5H5.Fe/c15-13-8-5-11(6-9-13)7-10-14(16)12-3-1-2-4-12;1-2-4-5-3-1;/h1-10,16H;1-5H;/q;-1;+2/p-1/b10-7+;;. The molecule has 0 spiro atoms. The van der Waals surface area contributed by atoms with E-state index in [1.54, 1.807) is 30.4 Å². The molecule has 112 valence electrons. The number of halogens is 1. The SMILES string of the molecule is [Fe+2].[O-]C(/C=C/c1ccc(F)cc1)=C1C=CC=C1.c1cc[cH-]c1. The van der Waals surface area contributed by atoms with Crippen LogP contribution in [-0.2, 0) is 17.1 Å². The molecule has 0 amide bonds. The zero-order valence-electron chi connectivity index (χ0n) is 11.8. The summed E-state index contributed by atoms with van der Waals surface area (Å²) in [6.45, 7) is 0. The van der Waals surface area contributed by atoms with Gasteiger partial charge in [0.1, 0.15) is 5.82 Å². The van der Waals surface area contributed by atoms with E-state index in [4.69, 9.17) is 0 Å². The summed E-state index contributed by atoms with van der Waals surface area (Å²) < 4.78 is 12.6. The third-order valence-corrected chi connectivity index (χ3v) is 2.80. The van der Waals surface area contributed by atoms with Gasteiger partial charge >= 0.3 is 17.1 Å². The van der Waals surface area contributed by atoms with E-state index in [2.05, 4.69) is 0 Å². The van der Waals surface area contributed by atoms with Gasteiger partial charge in [0, 0.05) is 0 Å². The minimum absolute atomic E-state index is 0. The van der Waals surface area contributed by atoms with Crippen LogP contribution in [0.3, 0.4) is 0 Å². The van der Waals surface area contributed by atoms with Gasteiger partial charge in [-0.15, -0.1) is 5.76 Å². The fourth-order valence-electron chi connectivity index (χ4n) is 1.70. The van der Waals surface area contributed by atoms with Crippen LogP contribution in [0.4, 0.5) is 4.39 Å². The molecule has 0 saturated carbocycles. The van der Waals surface area contributed by atoms with Gasteiger partial charge in [0.05, 0.1) is 0 Å². The summed E-state index contributed by atoms with van der Waals surface area (Å²) in [7, 11) is 0. The van der Waals surface area contributed by atoms with Crippen LogP contribution in [0.2, 0.25) is 0 Å². The Morgan fingerprint density at radius 1 is 1.00 bits per heavy atom. The van der Waals surface area contributed by atoms with Crippen molar-refractivity contribution < 1.29 is 26.6 Å². The van der Waals surface area contributed by atoms with Gasteiger partial charge in [0.2, 0.25) is 0 Å². The number of hydrogen-bond acceptors (Lipinski definition) is 1. The molecule has 0 unspecified atom stereocenters. The van der Waals surface area contributed by atoms with Crippen molar-refractivity contribution in [1.82, 2.24) is 0 Å². The predicted octanol–water partition coefficient (Wildman–Crippen LogP) is 3.98. The summed E-state index contributed by atoms with van der Waals surface area (Å²) in [4.78, 5) is 0. The van der Waals surface area contributed by atoms with Crippen LogP contribution in [0.5, 0.6) is 0 Å². The molecule has 1 aliphatic rings. The maximum Gasteiger partial charge on any atom is 2.00 e. The molecule has 0 N–H and O–H groups in total. The van der Waals surface area contributed by atoms with Gasteiger partial charge in [-0.3, -0.25) is 0 Å². The number of rotatable bonds is 2. The van der Waals surface area contributed by atoms with Crippen molar-refractivity contribution in [2.45, 2.75) is 0 Å². The van der Waals surface area contributed by atoms with Gasteiger partial charge in [-0.25, -0.2) is 16.5 Å². The molecule has 2 aromatic carbocycles. The second-order valence-corrected chi connectivity index (χ2v) is 4.38. The first kappa shape index (κ1) is 17.8. The monoisotopic (exact) mass is 334 g/mol. The molecule has 22 heavy (non-hydrogen) atoms. The molecule has 0 bridgehead atoms. The summed E-state index contributed by atoms with van der Waals surface area (Å²) in [6, 6.07) is 16.0. The molecule has 0 radical (unpaired) electrons. The zero-order valence-corrected chi connectivity index (χ0v) is 12.9. The molecule has 2 aromatic rings. The van der Waals surface area contributed by atoms with E-state index in [0.29, 0.717) is 5.57 Å². The first-order valence-electron chi connectivity index (χ1n) is 6.62. The Morgan fingerprint density at radius 3 is 2.09 bits per heavy atom. The Kier molecular flexibility index (Phi) is 7.84. The van der Waals surface area contributed by atoms with Crippen molar-refractivity contribution in [3.8, 4) is 0 Å². The molecular weight excluding hydrogens is 319 g/mol. The Balaban J connectivity index is 0.000000344. The van der Waals surface area contributed by atoms with E-state index in [1.165, 1.54) is 18.2 Å². The summed E-state index contributed by atoms with van der Waals surface area (Å²) in [6.07, 6.45) is 10.3. The van der Waals surface area contributed by atoms with Crippen molar-refractivity contribution in [3.63, 3.8) is 0 Å². The van der Waals surface area contributed by atoms with E-state index in [1.807, 2.05) is 42.5 Å². The number of allylic oxidation sites excluding steroid dienone is 6. The molecular formula is C19H15FFeO. The maximum atomic E-state index is 12.6. The number of benzene rings is 1. The van der Waals surface area contributed by atoms with Crippen LogP contribution in [0.1, 0.15) is 5.56 Å². The van der Waals surface area contributed by atoms with Crippen LogP contribution in [0.25, 0.3) is 6.08 Å². The third kappa shape index (κ3) is 6.04. The molecule has 0 aromatic heterocycles. The predicted molar refractivity (Wildman–Crippen MR) is 82.8 cm³/mol. The fraction of sp³-hybridized carbons (Fsp3) is 0. The Bertz CT molecular complexity index is 631. The van der Waals surface area contributed by atoms with Crippen molar-refractivity contribution in [3.05, 3.63) is 108 Å². The first-order chi connectivity index (χ1) is 10.3. The summed E-state index contributed by atoms with van der Waals surface area (Å²) in [5, 5.41) is 11.6. The summed E-state index contributed by atoms with van der Waals surface area (Å²) in [5.41, 5.74) is 1.47. The van der Waals surface area contributed by atoms with Gasteiger partial charge in [0.15, 0.2) is 0 Å².